The van der Waals surface area contributed by atoms with E-state index in [2.05, 4.69) is 43.4 Å². The van der Waals surface area contributed by atoms with Crippen molar-refractivity contribution in [2.24, 2.45) is 0 Å². The Bertz CT molecular complexity index is 307. The molecule has 0 unspecified atom stereocenters. The van der Waals surface area contributed by atoms with Crippen LogP contribution in [0.2, 0.25) is 4.13 Å². The van der Waals surface area contributed by atoms with Crippen molar-refractivity contribution < 1.29 is 21.8 Å². The van der Waals surface area contributed by atoms with Gasteiger partial charge in [0.05, 0.1) is 0 Å². The molecule has 2 aliphatic rings. The van der Waals surface area contributed by atoms with E-state index in [1.165, 1.54) is 29.8 Å². The standard InChI is InChI=1S/2C5H5.C4H9.ClH.Zr/c2*1-2-4-5-3-1;1-3-4-2;;/h2*1-3H,4H2;1,3-4H2,2H3;1H;. The Morgan fingerprint density at radius 1 is 1.06 bits per heavy atom. The van der Waals surface area contributed by atoms with Crippen LogP contribution in [-0.2, 0) is 21.8 Å². The normalized spacial score (nSPS) is 17.1. The molecule has 0 aromatic carbocycles. The number of unbranched alkanes of at least 4 members (excludes halogenated alkanes) is 1. The maximum Gasteiger partial charge on any atom is -0.147 e. The molecule has 0 aromatic rings. The van der Waals surface area contributed by atoms with Crippen molar-refractivity contribution in [3.05, 3.63) is 43.0 Å². The van der Waals surface area contributed by atoms with Gasteiger partial charge in [0.15, 0.2) is 0 Å². The Kier molecular flexibility index (Phi) is 6.62. The van der Waals surface area contributed by atoms with Crippen LogP contribution in [0.15, 0.2) is 43.0 Å². The van der Waals surface area contributed by atoms with Gasteiger partial charge in [-0.2, -0.15) is 0 Å². The van der Waals surface area contributed by atoms with Gasteiger partial charge in [0.25, 0.3) is 0 Å². The molecule has 2 rings (SSSR count). The van der Waals surface area contributed by atoms with Crippen LogP contribution in [0.4, 0.5) is 0 Å². The average molecular weight is 315 g/mol. The summed E-state index contributed by atoms with van der Waals surface area (Å²) in [4.78, 5) is 0. The van der Waals surface area contributed by atoms with Gasteiger partial charge in [-0.05, 0) is 0 Å². The van der Waals surface area contributed by atoms with Crippen LogP contribution in [0, 0.1) is 0 Å². The van der Waals surface area contributed by atoms with E-state index in [0.717, 1.165) is 0 Å². The molecule has 0 N–H and O–H groups in total. The first-order valence-electron chi connectivity index (χ1n) is 5.99. The van der Waals surface area contributed by atoms with Gasteiger partial charge >= 0.3 is 102 Å². The minimum absolute atomic E-state index is 0. The van der Waals surface area contributed by atoms with Gasteiger partial charge < -0.3 is 0 Å². The molecule has 0 radical (unpaired) electrons. The number of hydrogen-bond donors (Lipinski definition) is 0. The summed E-state index contributed by atoms with van der Waals surface area (Å²) in [6.07, 6.45) is 19.3. The molecule has 0 spiro atoms. The smallest absolute Gasteiger partial charge is 0.147 e. The van der Waals surface area contributed by atoms with Crippen molar-refractivity contribution in [2.45, 2.75) is 36.7 Å². The monoisotopic (exact) mass is 313 g/mol. The second-order valence-corrected chi connectivity index (χ2v) is 11.0. The molecule has 2 heteroatoms. The van der Waals surface area contributed by atoms with E-state index in [-0.39, 0.29) is 12.4 Å². The Labute approximate surface area is 113 Å². The average Bonchev–Trinajstić information content (AvgIpc) is 2.90. The summed E-state index contributed by atoms with van der Waals surface area (Å²) < 4.78 is 5.17. The molecule has 0 nitrogen and oxygen atoms in total. The third-order valence-electron chi connectivity index (χ3n) is 3.10. The molecule has 87 valence electrons. The van der Waals surface area contributed by atoms with Crippen LogP contribution in [0.25, 0.3) is 0 Å². The van der Waals surface area contributed by atoms with Crippen molar-refractivity contribution in [1.82, 2.24) is 0 Å². The van der Waals surface area contributed by atoms with Crippen LogP contribution >= 0.6 is 12.4 Å². The third kappa shape index (κ3) is 3.57. The number of rotatable bonds is 5. The predicted octanol–water partition coefficient (Wildman–Crippen LogP) is 4.93. The molecule has 0 aliphatic heterocycles. The van der Waals surface area contributed by atoms with Gasteiger partial charge in [0.1, 0.15) is 0 Å². The third-order valence-corrected chi connectivity index (χ3v) is 10.8. The fourth-order valence-electron chi connectivity index (χ4n) is 2.22. The summed E-state index contributed by atoms with van der Waals surface area (Å²) in [6, 6.07) is 0. The largest absolute Gasteiger partial charge is 0.147 e. The number of halogens is 1. The van der Waals surface area contributed by atoms with Gasteiger partial charge in [-0.15, -0.1) is 12.4 Å². The Balaban J connectivity index is 0.00000128. The zero-order chi connectivity index (χ0) is 10.5. The molecule has 16 heavy (non-hydrogen) atoms. The van der Waals surface area contributed by atoms with E-state index in [0.29, 0.717) is 0 Å². The van der Waals surface area contributed by atoms with Gasteiger partial charge in [0.2, 0.25) is 0 Å². The molecule has 0 saturated carbocycles. The van der Waals surface area contributed by atoms with Crippen LogP contribution in [0.3, 0.4) is 0 Å². The summed E-state index contributed by atoms with van der Waals surface area (Å²) >= 11 is -1.37. The quantitative estimate of drug-likeness (QED) is 0.675. The Morgan fingerprint density at radius 2 is 1.62 bits per heavy atom. The van der Waals surface area contributed by atoms with Crippen molar-refractivity contribution in [2.75, 3.05) is 0 Å². The molecule has 0 bridgehead atoms. The van der Waals surface area contributed by atoms with Crippen molar-refractivity contribution in [3.8, 4) is 0 Å². The topological polar surface area (TPSA) is 0 Å². The predicted molar refractivity (Wildman–Crippen MR) is 70.6 cm³/mol. The zero-order valence-electron chi connectivity index (χ0n) is 9.91. The maximum absolute atomic E-state index is 2.41. The fraction of sp³-hybridized carbons (Fsp3) is 0.429. The summed E-state index contributed by atoms with van der Waals surface area (Å²) in [5.41, 5.74) is 0. The first-order valence-corrected chi connectivity index (χ1v) is 10.2. The van der Waals surface area contributed by atoms with Crippen LogP contribution < -0.4 is 0 Å². The van der Waals surface area contributed by atoms with Gasteiger partial charge in [-0.1, -0.05) is 0 Å². The van der Waals surface area contributed by atoms with Gasteiger partial charge in [0, 0.05) is 0 Å². The fourth-order valence-corrected chi connectivity index (χ4v) is 9.81. The van der Waals surface area contributed by atoms with Crippen molar-refractivity contribution in [1.29, 1.82) is 0 Å². The van der Waals surface area contributed by atoms with E-state index in [4.69, 9.17) is 0 Å². The Hall–Kier alpha value is 0.133. The van der Waals surface area contributed by atoms with Crippen LogP contribution in [0.5, 0.6) is 0 Å². The number of allylic oxidation sites excluding steroid dienone is 8. The Morgan fingerprint density at radius 3 is 2.00 bits per heavy atom. The summed E-state index contributed by atoms with van der Waals surface area (Å²) in [6.45, 7) is 2.31. The van der Waals surface area contributed by atoms with Crippen LogP contribution in [0.1, 0.15) is 32.6 Å². The van der Waals surface area contributed by atoms with Crippen LogP contribution in [-0.4, -0.2) is 0 Å². The first-order chi connectivity index (χ1) is 7.42. The SMILES string of the molecule is CCC[CH2][Zr]([C]1=CC=CC1)[C]1=CC=CC1.Cl. The minimum Gasteiger partial charge on any atom is -0.147 e. The summed E-state index contributed by atoms with van der Waals surface area (Å²) in [7, 11) is 0. The van der Waals surface area contributed by atoms with Gasteiger partial charge in [-0.3, -0.25) is 0 Å². The molecule has 2 aliphatic carbocycles. The number of hydrogen-bond acceptors (Lipinski definition) is 0. The second kappa shape index (κ2) is 7.46. The van der Waals surface area contributed by atoms with Gasteiger partial charge in [-0.25, -0.2) is 0 Å². The molecule has 0 saturated heterocycles. The maximum atomic E-state index is 2.41. The van der Waals surface area contributed by atoms with E-state index >= 15 is 0 Å². The van der Waals surface area contributed by atoms with E-state index in [1.807, 2.05) is 6.56 Å². The molecular formula is C14H20ClZr. The minimum atomic E-state index is -1.37. The van der Waals surface area contributed by atoms with E-state index in [9.17, 15) is 0 Å². The zero-order valence-corrected chi connectivity index (χ0v) is 13.2. The molecular weight excluding hydrogens is 295 g/mol. The first kappa shape index (κ1) is 14.2. The van der Waals surface area contributed by atoms with E-state index in [1.54, 1.807) is 0 Å². The molecule has 0 aromatic heterocycles. The van der Waals surface area contributed by atoms with Crippen molar-refractivity contribution in [3.63, 3.8) is 0 Å². The summed E-state index contributed by atoms with van der Waals surface area (Å²) in [5, 5.41) is 0. The van der Waals surface area contributed by atoms with Crippen molar-refractivity contribution >= 4 is 12.4 Å². The van der Waals surface area contributed by atoms with E-state index < -0.39 is 21.8 Å². The molecule has 0 heterocycles. The molecule has 0 atom stereocenters. The second-order valence-electron chi connectivity index (χ2n) is 4.23. The molecule has 0 fully saturated rings. The molecule has 0 amide bonds. The summed E-state index contributed by atoms with van der Waals surface area (Å²) in [5.74, 6) is 0.